The number of carbonyl (C=O) groups is 1. The largest absolute Gasteiger partial charge is 0.497 e. The summed E-state index contributed by atoms with van der Waals surface area (Å²) >= 11 is 0. The Kier molecular flexibility index (Phi) is 3.78. The number of carbonyl (C=O) groups excluding carboxylic acids is 1. The second kappa shape index (κ2) is 5.89. The van der Waals surface area contributed by atoms with E-state index in [1.54, 1.807) is 38.6 Å². The molecule has 3 aromatic rings. The second-order valence-corrected chi connectivity index (χ2v) is 4.96. The highest BCUT2D eigenvalue weighted by molar-refractivity contribution is 6.00. The Bertz CT molecular complexity index is 824. The van der Waals surface area contributed by atoms with Crippen LogP contribution in [0.1, 0.15) is 15.9 Å². The summed E-state index contributed by atoms with van der Waals surface area (Å²) in [7, 11) is 3.12. The number of ether oxygens (including phenoxy) is 2. The Hall–Kier alpha value is -2.82. The van der Waals surface area contributed by atoms with E-state index in [0.717, 1.165) is 16.5 Å². The van der Waals surface area contributed by atoms with Crippen molar-refractivity contribution < 1.29 is 14.3 Å². The number of aromatic nitrogens is 2. The molecule has 112 valence electrons. The van der Waals surface area contributed by atoms with Gasteiger partial charge in [-0.15, -0.1) is 0 Å². The molecule has 1 heterocycles. The third-order valence-corrected chi connectivity index (χ3v) is 3.58. The van der Waals surface area contributed by atoms with Crippen LogP contribution in [0.5, 0.6) is 11.5 Å². The van der Waals surface area contributed by atoms with Crippen molar-refractivity contribution >= 4 is 16.7 Å². The molecule has 5 nitrogen and oxygen atoms in total. The summed E-state index contributed by atoms with van der Waals surface area (Å²) in [6.07, 6.45) is 2.04. The first-order chi connectivity index (χ1) is 10.7. The van der Waals surface area contributed by atoms with Crippen LogP contribution < -0.4 is 9.47 Å². The quantitative estimate of drug-likeness (QED) is 0.735. The van der Waals surface area contributed by atoms with Crippen LogP contribution in [-0.2, 0) is 6.42 Å². The number of nitrogens with zero attached hydrogens (tertiary/aromatic N) is 1. The molecule has 1 aromatic heterocycles. The first-order valence-electron chi connectivity index (χ1n) is 6.88. The molecule has 0 saturated carbocycles. The monoisotopic (exact) mass is 296 g/mol. The van der Waals surface area contributed by atoms with E-state index < -0.39 is 0 Å². The summed E-state index contributed by atoms with van der Waals surface area (Å²) in [6, 6.07) is 11.0. The normalized spacial score (nSPS) is 10.6. The molecule has 0 bridgehead atoms. The zero-order valence-corrected chi connectivity index (χ0v) is 12.4. The highest BCUT2D eigenvalue weighted by atomic mass is 16.5. The lowest BCUT2D eigenvalue weighted by molar-refractivity contribution is 0.0989. The van der Waals surface area contributed by atoms with E-state index in [4.69, 9.17) is 9.47 Å². The van der Waals surface area contributed by atoms with Gasteiger partial charge in [-0.05, 0) is 35.9 Å². The molecule has 0 aliphatic rings. The smallest absolute Gasteiger partial charge is 0.171 e. The van der Waals surface area contributed by atoms with Gasteiger partial charge in [-0.1, -0.05) is 6.07 Å². The highest BCUT2D eigenvalue weighted by Crippen LogP contribution is 2.25. The minimum Gasteiger partial charge on any atom is -0.497 e. The fourth-order valence-corrected chi connectivity index (χ4v) is 2.41. The van der Waals surface area contributed by atoms with Gasteiger partial charge in [0.05, 0.1) is 31.5 Å². The lowest BCUT2D eigenvalue weighted by Gasteiger charge is -2.09. The van der Waals surface area contributed by atoms with Crippen molar-refractivity contribution in [1.82, 2.24) is 10.2 Å². The number of aromatic amines is 1. The van der Waals surface area contributed by atoms with Gasteiger partial charge < -0.3 is 9.47 Å². The standard InChI is InChI=1S/C17H16N2O3/c1-21-13-4-6-17(22-2)14(9-13)16(20)8-11-3-5-15-12(7-11)10-18-19-15/h3-7,9-10H,8H2,1-2H3,(H,18,19). The van der Waals surface area contributed by atoms with Crippen LogP contribution in [0.25, 0.3) is 10.9 Å². The Balaban J connectivity index is 1.90. The second-order valence-electron chi connectivity index (χ2n) is 4.96. The van der Waals surface area contributed by atoms with Crippen molar-refractivity contribution in [2.24, 2.45) is 0 Å². The average Bonchev–Trinajstić information content (AvgIpc) is 3.01. The number of hydrogen-bond donors (Lipinski definition) is 1. The minimum atomic E-state index is -0.0152. The van der Waals surface area contributed by atoms with Crippen molar-refractivity contribution in [2.75, 3.05) is 14.2 Å². The van der Waals surface area contributed by atoms with E-state index in [1.807, 2.05) is 18.2 Å². The van der Waals surface area contributed by atoms with Crippen LogP contribution in [0.15, 0.2) is 42.6 Å². The van der Waals surface area contributed by atoms with Crippen molar-refractivity contribution in [3.05, 3.63) is 53.7 Å². The molecule has 5 heteroatoms. The Labute approximate surface area is 127 Å². The summed E-state index contributed by atoms with van der Waals surface area (Å²) in [4.78, 5) is 12.6. The van der Waals surface area contributed by atoms with Gasteiger partial charge in [0.15, 0.2) is 5.78 Å². The number of Topliss-reactive ketones (excluding diaryl/α,β-unsaturated/α-hetero) is 1. The number of nitrogens with one attached hydrogen (secondary N) is 1. The van der Waals surface area contributed by atoms with E-state index in [9.17, 15) is 4.79 Å². The molecule has 22 heavy (non-hydrogen) atoms. The molecular weight excluding hydrogens is 280 g/mol. The van der Waals surface area contributed by atoms with Crippen LogP contribution in [-0.4, -0.2) is 30.2 Å². The topological polar surface area (TPSA) is 64.2 Å². The molecule has 2 aromatic carbocycles. The molecule has 0 aliphatic carbocycles. The number of rotatable bonds is 5. The van der Waals surface area contributed by atoms with Crippen molar-refractivity contribution in [2.45, 2.75) is 6.42 Å². The lowest BCUT2D eigenvalue weighted by Crippen LogP contribution is -2.06. The van der Waals surface area contributed by atoms with Gasteiger partial charge in [-0.2, -0.15) is 5.10 Å². The fourth-order valence-electron chi connectivity index (χ4n) is 2.41. The summed E-state index contributed by atoms with van der Waals surface area (Å²) < 4.78 is 10.5. The predicted octanol–water partition coefficient (Wildman–Crippen LogP) is 3.01. The lowest BCUT2D eigenvalue weighted by atomic mass is 10.0. The van der Waals surface area contributed by atoms with E-state index in [2.05, 4.69) is 10.2 Å². The first-order valence-corrected chi connectivity index (χ1v) is 6.88. The van der Waals surface area contributed by atoms with Gasteiger partial charge >= 0.3 is 0 Å². The number of hydrogen-bond acceptors (Lipinski definition) is 4. The molecule has 0 saturated heterocycles. The zero-order valence-electron chi connectivity index (χ0n) is 12.4. The van der Waals surface area contributed by atoms with Gasteiger partial charge in [0.1, 0.15) is 11.5 Å². The van der Waals surface area contributed by atoms with Gasteiger partial charge in [-0.3, -0.25) is 9.89 Å². The van der Waals surface area contributed by atoms with Gasteiger partial charge in [0, 0.05) is 11.8 Å². The third kappa shape index (κ3) is 2.65. The average molecular weight is 296 g/mol. The van der Waals surface area contributed by atoms with Crippen LogP contribution in [0, 0.1) is 0 Å². The maximum atomic E-state index is 12.6. The van der Waals surface area contributed by atoms with Crippen LogP contribution in [0.4, 0.5) is 0 Å². The molecule has 3 rings (SSSR count). The highest BCUT2D eigenvalue weighted by Gasteiger charge is 2.14. The predicted molar refractivity (Wildman–Crippen MR) is 83.7 cm³/mol. The van der Waals surface area contributed by atoms with E-state index >= 15 is 0 Å². The Morgan fingerprint density at radius 2 is 2.00 bits per heavy atom. The van der Waals surface area contributed by atoms with Crippen molar-refractivity contribution in [1.29, 1.82) is 0 Å². The van der Waals surface area contributed by atoms with E-state index in [1.165, 1.54) is 0 Å². The molecule has 0 fully saturated rings. The number of fused-ring (bicyclic) bond motifs is 1. The maximum absolute atomic E-state index is 12.6. The van der Waals surface area contributed by atoms with Gasteiger partial charge in [0.2, 0.25) is 0 Å². The summed E-state index contributed by atoms with van der Waals surface area (Å²) in [6.45, 7) is 0. The Morgan fingerprint density at radius 1 is 1.14 bits per heavy atom. The van der Waals surface area contributed by atoms with Crippen molar-refractivity contribution in [3.63, 3.8) is 0 Å². The fraction of sp³-hybridized carbons (Fsp3) is 0.176. The zero-order chi connectivity index (χ0) is 15.5. The maximum Gasteiger partial charge on any atom is 0.171 e. The molecule has 0 spiro atoms. The minimum absolute atomic E-state index is 0.0152. The van der Waals surface area contributed by atoms with Crippen molar-refractivity contribution in [3.8, 4) is 11.5 Å². The van der Waals surface area contributed by atoms with Crippen LogP contribution in [0.2, 0.25) is 0 Å². The number of benzene rings is 2. The van der Waals surface area contributed by atoms with Crippen LogP contribution in [0.3, 0.4) is 0 Å². The van der Waals surface area contributed by atoms with Crippen LogP contribution >= 0.6 is 0 Å². The number of ketones is 1. The SMILES string of the molecule is COc1ccc(OC)c(C(=O)Cc2ccc3[nH]ncc3c2)c1. The van der Waals surface area contributed by atoms with E-state index in [-0.39, 0.29) is 5.78 Å². The summed E-state index contributed by atoms with van der Waals surface area (Å²) in [5.74, 6) is 1.17. The molecule has 0 amide bonds. The molecule has 0 atom stereocenters. The van der Waals surface area contributed by atoms with Gasteiger partial charge in [-0.25, -0.2) is 0 Å². The molecule has 0 aliphatic heterocycles. The van der Waals surface area contributed by atoms with E-state index in [0.29, 0.717) is 23.5 Å². The number of methoxy groups -OCH3 is 2. The molecular formula is C17H16N2O3. The third-order valence-electron chi connectivity index (χ3n) is 3.58. The summed E-state index contributed by atoms with van der Waals surface area (Å²) in [5.41, 5.74) is 2.41. The molecule has 0 radical (unpaired) electrons. The first kappa shape index (κ1) is 14.1. The van der Waals surface area contributed by atoms with Gasteiger partial charge in [0.25, 0.3) is 0 Å². The molecule has 1 N–H and O–H groups in total. The Morgan fingerprint density at radius 3 is 2.77 bits per heavy atom. The number of H-pyrrole nitrogens is 1. The molecule has 0 unspecified atom stereocenters. The summed E-state index contributed by atoms with van der Waals surface area (Å²) in [5, 5.41) is 7.87.